The number of fused-ring (bicyclic) bond motifs is 1. The van der Waals surface area contributed by atoms with E-state index in [-0.39, 0.29) is 5.38 Å². The summed E-state index contributed by atoms with van der Waals surface area (Å²) >= 11 is 6.58. The minimum Gasteiger partial charge on any atom is -0.486 e. The van der Waals surface area contributed by atoms with Crippen molar-refractivity contribution in [3.05, 3.63) is 23.8 Å². The van der Waals surface area contributed by atoms with Crippen molar-refractivity contribution >= 4 is 11.6 Å². The molecule has 3 rings (SSSR count). The number of ether oxygens (including phenoxy) is 3. The van der Waals surface area contributed by atoms with E-state index in [1.54, 1.807) is 0 Å². The monoisotopic (exact) mass is 268 g/mol. The molecular weight excluding hydrogens is 252 g/mol. The smallest absolute Gasteiger partial charge is 0.161 e. The van der Waals surface area contributed by atoms with E-state index in [4.69, 9.17) is 25.8 Å². The van der Waals surface area contributed by atoms with E-state index in [0.29, 0.717) is 19.1 Å². The van der Waals surface area contributed by atoms with E-state index in [2.05, 4.69) is 0 Å². The molecule has 0 amide bonds. The second-order valence-electron chi connectivity index (χ2n) is 4.75. The maximum absolute atomic E-state index is 6.58. The molecule has 4 heteroatoms. The van der Waals surface area contributed by atoms with Gasteiger partial charge in [0, 0.05) is 13.2 Å². The predicted octanol–water partition coefficient (Wildman–Crippen LogP) is 3.16. The van der Waals surface area contributed by atoms with Gasteiger partial charge in [-0.3, -0.25) is 0 Å². The molecule has 1 atom stereocenters. The predicted molar refractivity (Wildman–Crippen MR) is 69.6 cm³/mol. The van der Waals surface area contributed by atoms with Crippen LogP contribution in [-0.2, 0) is 4.74 Å². The van der Waals surface area contributed by atoms with E-state index in [9.17, 15) is 0 Å². The third-order valence-electron chi connectivity index (χ3n) is 3.56. The minimum atomic E-state index is 0.0322. The molecule has 0 bridgehead atoms. The van der Waals surface area contributed by atoms with Crippen molar-refractivity contribution < 1.29 is 14.2 Å². The highest BCUT2D eigenvalue weighted by molar-refractivity contribution is 6.21. The summed E-state index contributed by atoms with van der Waals surface area (Å²) in [6.07, 6.45) is 2.06. The van der Waals surface area contributed by atoms with Crippen LogP contribution in [0.1, 0.15) is 23.8 Å². The molecule has 1 aromatic carbocycles. The molecule has 2 aliphatic heterocycles. The lowest BCUT2D eigenvalue weighted by atomic mass is 9.91. The minimum absolute atomic E-state index is 0.0322. The van der Waals surface area contributed by atoms with Gasteiger partial charge in [0.1, 0.15) is 13.2 Å². The topological polar surface area (TPSA) is 27.7 Å². The van der Waals surface area contributed by atoms with Gasteiger partial charge in [-0.2, -0.15) is 0 Å². The van der Waals surface area contributed by atoms with Gasteiger partial charge in [0.15, 0.2) is 11.5 Å². The number of hydrogen-bond donors (Lipinski definition) is 0. The van der Waals surface area contributed by atoms with Crippen LogP contribution in [-0.4, -0.2) is 26.4 Å². The van der Waals surface area contributed by atoms with Gasteiger partial charge in [-0.15, -0.1) is 11.6 Å². The van der Waals surface area contributed by atoms with E-state index < -0.39 is 0 Å². The summed E-state index contributed by atoms with van der Waals surface area (Å²) in [5.74, 6) is 2.13. The summed E-state index contributed by atoms with van der Waals surface area (Å²) in [5, 5.41) is 0.0322. The van der Waals surface area contributed by atoms with Crippen molar-refractivity contribution in [2.75, 3.05) is 26.4 Å². The largest absolute Gasteiger partial charge is 0.486 e. The van der Waals surface area contributed by atoms with Crippen LogP contribution in [0.25, 0.3) is 0 Å². The normalized spacial score (nSPS) is 21.6. The highest BCUT2D eigenvalue weighted by Gasteiger charge is 2.25. The van der Waals surface area contributed by atoms with Crippen LogP contribution >= 0.6 is 11.6 Å². The maximum atomic E-state index is 6.58. The zero-order valence-electron chi connectivity index (χ0n) is 10.2. The second-order valence-corrected chi connectivity index (χ2v) is 5.22. The van der Waals surface area contributed by atoms with Crippen LogP contribution in [0.5, 0.6) is 11.5 Å². The third-order valence-corrected chi connectivity index (χ3v) is 4.17. The Kier molecular flexibility index (Phi) is 3.62. The van der Waals surface area contributed by atoms with Crippen LogP contribution in [0.4, 0.5) is 0 Å². The van der Waals surface area contributed by atoms with Crippen LogP contribution < -0.4 is 9.47 Å². The molecule has 2 heterocycles. The standard InChI is InChI=1S/C14H17ClO3/c15-14(10-3-5-16-6-4-10)11-1-2-12-13(9-11)18-8-7-17-12/h1-2,9-10,14H,3-8H2. The third kappa shape index (κ3) is 2.43. The van der Waals surface area contributed by atoms with Gasteiger partial charge in [-0.1, -0.05) is 6.07 Å². The van der Waals surface area contributed by atoms with E-state index in [1.807, 2.05) is 18.2 Å². The molecule has 0 N–H and O–H groups in total. The Hall–Kier alpha value is -0.930. The summed E-state index contributed by atoms with van der Waals surface area (Å²) in [6.45, 7) is 2.87. The van der Waals surface area contributed by atoms with Gasteiger partial charge in [-0.25, -0.2) is 0 Å². The Labute approximate surface area is 112 Å². The first-order valence-corrected chi connectivity index (χ1v) is 6.89. The lowest BCUT2D eigenvalue weighted by Crippen LogP contribution is -2.20. The Morgan fingerprint density at radius 1 is 1.00 bits per heavy atom. The Morgan fingerprint density at radius 2 is 1.72 bits per heavy atom. The SMILES string of the molecule is ClC(c1ccc2c(c1)OCCO2)C1CCOCC1. The quantitative estimate of drug-likeness (QED) is 0.771. The van der Waals surface area contributed by atoms with E-state index in [1.165, 1.54) is 0 Å². The van der Waals surface area contributed by atoms with Crippen LogP contribution in [0, 0.1) is 5.92 Å². The van der Waals surface area contributed by atoms with Crippen molar-refractivity contribution in [2.45, 2.75) is 18.2 Å². The van der Waals surface area contributed by atoms with Gasteiger partial charge in [-0.05, 0) is 36.5 Å². The molecule has 2 aliphatic rings. The molecule has 0 aromatic heterocycles. The summed E-state index contributed by atoms with van der Waals surface area (Å²) in [4.78, 5) is 0. The van der Waals surface area contributed by atoms with E-state index >= 15 is 0 Å². The average molecular weight is 269 g/mol. The highest BCUT2D eigenvalue weighted by Crippen LogP contribution is 2.39. The molecule has 0 aliphatic carbocycles. The summed E-state index contributed by atoms with van der Waals surface area (Å²) in [6, 6.07) is 6.01. The Balaban J connectivity index is 1.78. The van der Waals surface area contributed by atoms with Crippen molar-refractivity contribution in [3.63, 3.8) is 0 Å². The number of hydrogen-bond acceptors (Lipinski definition) is 3. The van der Waals surface area contributed by atoms with Crippen molar-refractivity contribution in [1.82, 2.24) is 0 Å². The van der Waals surface area contributed by atoms with Gasteiger partial charge in [0.2, 0.25) is 0 Å². The lowest BCUT2D eigenvalue weighted by Gasteiger charge is -2.27. The van der Waals surface area contributed by atoms with Gasteiger partial charge in [0.25, 0.3) is 0 Å². The molecule has 1 unspecified atom stereocenters. The lowest BCUT2D eigenvalue weighted by molar-refractivity contribution is 0.0650. The van der Waals surface area contributed by atoms with Crippen molar-refractivity contribution in [3.8, 4) is 11.5 Å². The Morgan fingerprint density at radius 3 is 2.50 bits per heavy atom. The van der Waals surface area contributed by atoms with Crippen LogP contribution in [0.2, 0.25) is 0 Å². The van der Waals surface area contributed by atoms with Gasteiger partial charge < -0.3 is 14.2 Å². The molecule has 1 aromatic rings. The first kappa shape index (κ1) is 12.1. The average Bonchev–Trinajstić information content (AvgIpc) is 2.47. The van der Waals surface area contributed by atoms with E-state index in [0.717, 1.165) is 43.1 Å². The number of alkyl halides is 1. The Bertz CT molecular complexity index is 416. The molecule has 0 spiro atoms. The molecule has 3 nitrogen and oxygen atoms in total. The molecular formula is C14H17ClO3. The highest BCUT2D eigenvalue weighted by atomic mass is 35.5. The van der Waals surface area contributed by atoms with Crippen molar-refractivity contribution in [2.24, 2.45) is 5.92 Å². The molecule has 0 saturated carbocycles. The zero-order chi connectivity index (χ0) is 12.4. The van der Waals surface area contributed by atoms with Crippen LogP contribution in [0.15, 0.2) is 18.2 Å². The summed E-state index contributed by atoms with van der Waals surface area (Å²) in [5.41, 5.74) is 1.12. The summed E-state index contributed by atoms with van der Waals surface area (Å²) < 4.78 is 16.5. The maximum Gasteiger partial charge on any atom is 0.161 e. The fraction of sp³-hybridized carbons (Fsp3) is 0.571. The van der Waals surface area contributed by atoms with Crippen LogP contribution in [0.3, 0.4) is 0 Å². The number of rotatable bonds is 2. The van der Waals surface area contributed by atoms with Gasteiger partial charge >= 0.3 is 0 Å². The molecule has 1 fully saturated rings. The fourth-order valence-electron chi connectivity index (χ4n) is 2.51. The van der Waals surface area contributed by atoms with Gasteiger partial charge in [0.05, 0.1) is 5.38 Å². The molecule has 0 radical (unpaired) electrons. The molecule has 1 saturated heterocycles. The number of benzene rings is 1. The zero-order valence-corrected chi connectivity index (χ0v) is 11.0. The second kappa shape index (κ2) is 5.37. The fourth-order valence-corrected chi connectivity index (χ4v) is 2.90. The number of halogens is 1. The molecule has 18 heavy (non-hydrogen) atoms. The first-order valence-electron chi connectivity index (χ1n) is 6.46. The van der Waals surface area contributed by atoms with Crippen molar-refractivity contribution in [1.29, 1.82) is 0 Å². The summed E-state index contributed by atoms with van der Waals surface area (Å²) in [7, 11) is 0. The first-order chi connectivity index (χ1) is 8.84. The molecule has 98 valence electrons.